The highest BCUT2D eigenvalue weighted by Gasteiger charge is 2.49. The standard InChI is InChI=1S/C36H32NO4P/c38-35(40-26-29-16-6-1-7-17-29)34(37-36(39)41-27-30-18-8-2-9-19-30)28-42(31-20-10-3-11-21-31,32-22-12-4-13-23-32)33-24-14-5-15-25-33/h1-25,34H,26-28H2/p+1/t34-/m0/s1. The minimum atomic E-state index is -2.46. The molecular formula is C36H33NO4P+. The number of alkyl carbamates (subject to hydrolysis) is 1. The Morgan fingerprint density at radius 1 is 0.524 bits per heavy atom. The summed E-state index contributed by atoms with van der Waals surface area (Å²) in [6.07, 6.45) is -0.355. The lowest BCUT2D eigenvalue weighted by Gasteiger charge is -2.30. The average Bonchev–Trinajstić information content (AvgIpc) is 3.07. The molecule has 210 valence electrons. The summed E-state index contributed by atoms with van der Waals surface area (Å²) in [4.78, 5) is 27.0. The number of hydrogen-bond donors (Lipinski definition) is 1. The first kappa shape index (κ1) is 28.8. The molecule has 0 aliphatic rings. The number of hydrogen-bond acceptors (Lipinski definition) is 4. The second kappa shape index (κ2) is 14.2. The highest BCUT2D eigenvalue weighted by molar-refractivity contribution is 7.95. The summed E-state index contributed by atoms with van der Waals surface area (Å²) in [5.41, 5.74) is 1.72. The predicted octanol–water partition coefficient (Wildman–Crippen LogP) is 6.02. The van der Waals surface area contributed by atoms with Crippen LogP contribution in [0.25, 0.3) is 0 Å². The first-order valence-electron chi connectivity index (χ1n) is 13.9. The Balaban J connectivity index is 1.52. The lowest BCUT2D eigenvalue weighted by Crippen LogP contribution is -2.48. The lowest BCUT2D eigenvalue weighted by atomic mass is 10.2. The number of benzene rings is 5. The van der Waals surface area contributed by atoms with E-state index in [0.717, 1.165) is 27.0 Å². The molecule has 1 atom stereocenters. The Labute approximate surface area is 247 Å². The molecule has 0 heterocycles. The summed E-state index contributed by atoms with van der Waals surface area (Å²) in [6, 6.07) is 48.7. The lowest BCUT2D eigenvalue weighted by molar-refractivity contribution is -0.146. The van der Waals surface area contributed by atoms with Crippen LogP contribution in [0.2, 0.25) is 0 Å². The van der Waals surface area contributed by atoms with Crippen LogP contribution in [0.4, 0.5) is 4.79 Å². The maximum atomic E-state index is 13.8. The zero-order valence-electron chi connectivity index (χ0n) is 23.2. The zero-order valence-corrected chi connectivity index (χ0v) is 24.1. The molecule has 0 fully saturated rings. The SMILES string of the molecule is O=C(N[C@@H](C[P+](c1ccccc1)(c1ccccc1)c1ccccc1)C(=O)OCc1ccccc1)OCc1ccccc1. The van der Waals surface area contributed by atoms with Gasteiger partial charge in [-0.2, -0.15) is 0 Å². The van der Waals surface area contributed by atoms with Crippen LogP contribution in [0.1, 0.15) is 11.1 Å². The molecule has 42 heavy (non-hydrogen) atoms. The molecular weight excluding hydrogens is 541 g/mol. The second-order valence-electron chi connectivity index (χ2n) is 9.85. The van der Waals surface area contributed by atoms with Crippen molar-refractivity contribution in [2.45, 2.75) is 19.3 Å². The van der Waals surface area contributed by atoms with Crippen molar-refractivity contribution in [1.82, 2.24) is 5.32 Å². The van der Waals surface area contributed by atoms with Crippen molar-refractivity contribution in [2.75, 3.05) is 6.16 Å². The summed E-state index contributed by atoms with van der Waals surface area (Å²) in [5.74, 6) is -0.511. The van der Waals surface area contributed by atoms with E-state index in [2.05, 4.69) is 41.7 Å². The largest absolute Gasteiger partial charge is 0.459 e. The first-order valence-corrected chi connectivity index (χ1v) is 15.9. The van der Waals surface area contributed by atoms with E-state index in [4.69, 9.17) is 9.47 Å². The Morgan fingerprint density at radius 3 is 1.29 bits per heavy atom. The first-order chi connectivity index (χ1) is 20.6. The van der Waals surface area contributed by atoms with Gasteiger partial charge in [0.25, 0.3) is 0 Å². The molecule has 0 saturated heterocycles. The van der Waals surface area contributed by atoms with Crippen molar-refractivity contribution in [3.05, 3.63) is 163 Å². The predicted molar refractivity (Wildman–Crippen MR) is 170 cm³/mol. The number of rotatable bonds is 11. The smallest absolute Gasteiger partial charge is 0.408 e. The molecule has 5 rings (SSSR count). The van der Waals surface area contributed by atoms with E-state index in [1.165, 1.54) is 0 Å². The molecule has 0 spiro atoms. The normalized spacial score (nSPS) is 11.7. The highest BCUT2D eigenvalue weighted by Crippen LogP contribution is 2.55. The van der Waals surface area contributed by atoms with Gasteiger partial charge in [-0.05, 0) is 47.5 Å². The van der Waals surface area contributed by atoms with E-state index in [1.54, 1.807) is 0 Å². The van der Waals surface area contributed by atoms with Crippen molar-refractivity contribution in [3.63, 3.8) is 0 Å². The molecule has 5 aromatic carbocycles. The van der Waals surface area contributed by atoms with Crippen LogP contribution in [0.15, 0.2) is 152 Å². The summed E-state index contributed by atoms with van der Waals surface area (Å²) < 4.78 is 11.4. The number of carbonyl (C=O) groups is 2. The van der Waals surface area contributed by atoms with E-state index < -0.39 is 25.4 Å². The molecule has 0 aliphatic carbocycles. The minimum Gasteiger partial charge on any atom is -0.459 e. The third kappa shape index (κ3) is 7.12. The van der Waals surface area contributed by atoms with Gasteiger partial charge < -0.3 is 14.8 Å². The van der Waals surface area contributed by atoms with Crippen LogP contribution in [0.3, 0.4) is 0 Å². The van der Waals surface area contributed by atoms with Crippen LogP contribution in [-0.4, -0.2) is 24.3 Å². The van der Waals surface area contributed by atoms with E-state index in [-0.39, 0.29) is 13.2 Å². The number of esters is 1. The van der Waals surface area contributed by atoms with Gasteiger partial charge in [-0.3, -0.25) is 0 Å². The minimum absolute atomic E-state index is 0.0921. The zero-order chi connectivity index (χ0) is 29.0. The maximum Gasteiger partial charge on any atom is 0.408 e. The fourth-order valence-corrected chi connectivity index (χ4v) is 9.36. The van der Waals surface area contributed by atoms with Crippen LogP contribution in [0, 0.1) is 0 Å². The monoisotopic (exact) mass is 574 g/mol. The Bertz CT molecular complexity index is 1450. The van der Waals surface area contributed by atoms with Gasteiger partial charge in [0.05, 0.1) is 0 Å². The van der Waals surface area contributed by atoms with E-state index >= 15 is 0 Å². The van der Waals surface area contributed by atoms with Gasteiger partial charge in [-0.15, -0.1) is 0 Å². The summed E-state index contributed by atoms with van der Waals surface area (Å²) in [5, 5.41) is 6.18. The number of nitrogens with one attached hydrogen (secondary N) is 1. The fourth-order valence-electron chi connectivity index (χ4n) is 5.00. The molecule has 5 nitrogen and oxygen atoms in total. The van der Waals surface area contributed by atoms with Crippen molar-refractivity contribution in [1.29, 1.82) is 0 Å². The fraction of sp³-hybridized carbons (Fsp3) is 0.111. The van der Waals surface area contributed by atoms with Crippen molar-refractivity contribution >= 4 is 35.2 Å². The number of ether oxygens (including phenoxy) is 2. The Morgan fingerprint density at radius 2 is 0.881 bits per heavy atom. The highest BCUT2D eigenvalue weighted by atomic mass is 31.2. The molecule has 0 aliphatic heterocycles. The van der Waals surface area contributed by atoms with Gasteiger partial charge in [0, 0.05) is 0 Å². The van der Waals surface area contributed by atoms with Gasteiger partial charge in [-0.25, -0.2) is 9.59 Å². The molecule has 1 amide bonds. The van der Waals surface area contributed by atoms with Gasteiger partial charge >= 0.3 is 12.1 Å². The Kier molecular flexibility index (Phi) is 9.77. The van der Waals surface area contributed by atoms with E-state index in [1.807, 2.05) is 115 Å². The molecule has 0 bridgehead atoms. The molecule has 0 unspecified atom stereocenters. The van der Waals surface area contributed by atoms with Gasteiger partial charge in [0.2, 0.25) is 0 Å². The van der Waals surface area contributed by atoms with Crippen LogP contribution >= 0.6 is 7.26 Å². The quantitative estimate of drug-likeness (QED) is 0.155. The van der Waals surface area contributed by atoms with Crippen molar-refractivity contribution in [3.8, 4) is 0 Å². The van der Waals surface area contributed by atoms with Gasteiger partial charge in [0.15, 0.2) is 6.04 Å². The Hall–Kier alpha value is -4.73. The van der Waals surface area contributed by atoms with Crippen molar-refractivity contribution in [2.24, 2.45) is 0 Å². The summed E-state index contributed by atoms with van der Waals surface area (Å²) in [7, 11) is -2.46. The maximum absolute atomic E-state index is 13.8. The van der Waals surface area contributed by atoms with Crippen LogP contribution in [-0.2, 0) is 27.5 Å². The third-order valence-electron chi connectivity index (χ3n) is 7.06. The number of amides is 1. The average molecular weight is 575 g/mol. The molecule has 0 radical (unpaired) electrons. The van der Waals surface area contributed by atoms with Gasteiger partial charge in [0.1, 0.15) is 42.6 Å². The number of carbonyl (C=O) groups excluding carboxylic acids is 2. The second-order valence-corrected chi connectivity index (χ2v) is 13.4. The van der Waals surface area contributed by atoms with Crippen molar-refractivity contribution < 1.29 is 19.1 Å². The molecule has 0 saturated carbocycles. The van der Waals surface area contributed by atoms with E-state index in [0.29, 0.717) is 6.16 Å². The molecule has 0 aromatic heterocycles. The molecule has 6 heteroatoms. The van der Waals surface area contributed by atoms with Crippen LogP contribution in [0.5, 0.6) is 0 Å². The van der Waals surface area contributed by atoms with Gasteiger partial charge in [-0.1, -0.05) is 115 Å². The topological polar surface area (TPSA) is 64.6 Å². The van der Waals surface area contributed by atoms with Crippen LogP contribution < -0.4 is 21.2 Å². The summed E-state index contributed by atoms with van der Waals surface area (Å²) in [6.45, 7) is 0.194. The molecule has 5 aromatic rings. The summed E-state index contributed by atoms with van der Waals surface area (Å²) >= 11 is 0. The van der Waals surface area contributed by atoms with E-state index in [9.17, 15) is 9.59 Å². The molecule has 1 N–H and O–H groups in total. The third-order valence-corrected chi connectivity index (χ3v) is 11.5.